The van der Waals surface area contributed by atoms with Crippen molar-refractivity contribution in [2.75, 3.05) is 27.2 Å². The van der Waals surface area contributed by atoms with Gasteiger partial charge in [0.25, 0.3) is 5.91 Å². The fraction of sp³-hybridized carbons (Fsp3) is 0.375. The van der Waals surface area contributed by atoms with Gasteiger partial charge in [-0.1, -0.05) is 0 Å². The molecular weight excluding hydrogens is 360 g/mol. The number of carbonyl (C=O) groups is 2. The maximum atomic E-state index is 12.4. The van der Waals surface area contributed by atoms with Crippen molar-refractivity contribution < 1.29 is 37.0 Å². The molecule has 2 rings (SSSR count). The lowest BCUT2D eigenvalue weighted by Crippen LogP contribution is -2.34. The normalized spacial score (nSPS) is 14.2. The molecule has 0 saturated carbocycles. The van der Waals surface area contributed by atoms with E-state index < -0.39 is 12.1 Å². The molecule has 0 spiro atoms. The maximum absolute atomic E-state index is 12.4. The minimum Gasteiger partial charge on any atom is -0.487 e. The highest BCUT2D eigenvalue weighted by Crippen LogP contribution is 2.23. The molecule has 1 aliphatic rings. The van der Waals surface area contributed by atoms with Gasteiger partial charge >= 0.3 is 12.1 Å². The van der Waals surface area contributed by atoms with Crippen LogP contribution in [0.5, 0.6) is 5.75 Å². The SMILES string of the molecule is CN/C(=C\F)COc1ccc2c(c1)CCN(C)C2=O.O=C(O)C(F)(F)F. The van der Waals surface area contributed by atoms with Crippen LogP contribution in [0.4, 0.5) is 17.6 Å². The molecule has 144 valence electrons. The molecule has 10 heteroatoms. The van der Waals surface area contributed by atoms with Gasteiger partial charge in [0.1, 0.15) is 18.7 Å². The number of alkyl halides is 3. The molecule has 6 nitrogen and oxygen atoms in total. The van der Waals surface area contributed by atoms with E-state index in [1.165, 1.54) is 0 Å². The van der Waals surface area contributed by atoms with Gasteiger partial charge in [-0.25, -0.2) is 9.18 Å². The van der Waals surface area contributed by atoms with Gasteiger partial charge in [0.2, 0.25) is 0 Å². The number of rotatable bonds is 4. The third kappa shape index (κ3) is 5.94. The first-order chi connectivity index (χ1) is 12.1. The number of carboxylic acids is 1. The van der Waals surface area contributed by atoms with Gasteiger partial charge in [0, 0.05) is 26.2 Å². The summed E-state index contributed by atoms with van der Waals surface area (Å²) in [6.07, 6.45) is -3.79. The molecule has 0 bridgehead atoms. The zero-order chi connectivity index (χ0) is 19.9. The van der Waals surface area contributed by atoms with Crippen molar-refractivity contribution in [1.29, 1.82) is 0 Å². The van der Waals surface area contributed by atoms with Crippen LogP contribution in [0.1, 0.15) is 15.9 Å². The monoisotopic (exact) mass is 378 g/mol. The fourth-order valence-electron chi connectivity index (χ4n) is 1.99. The molecule has 1 aromatic carbocycles. The van der Waals surface area contributed by atoms with Gasteiger partial charge in [-0.3, -0.25) is 4.79 Å². The number of benzene rings is 1. The fourth-order valence-corrected chi connectivity index (χ4v) is 1.99. The molecule has 0 atom stereocenters. The Balaban J connectivity index is 0.000000412. The number of fused-ring (bicyclic) bond motifs is 1. The number of likely N-dealkylation sites (N-methyl/N-ethyl adjacent to an activating group) is 2. The topological polar surface area (TPSA) is 78.9 Å². The van der Waals surface area contributed by atoms with Crippen molar-refractivity contribution in [3.8, 4) is 5.75 Å². The van der Waals surface area contributed by atoms with Crippen LogP contribution < -0.4 is 10.1 Å². The standard InChI is InChI=1S/C14H17FN2O2.C2HF3O2/c1-16-11(8-15)9-19-12-3-4-13-10(7-12)5-6-17(2)14(13)18;3-2(4,5)1(6)7/h3-4,7-8,16H,5-6,9H2,1-2H3;(H,6,7)/b11-8-;. The van der Waals surface area contributed by atoms with E-state index in [1.807, 2.05) is 6.07 Å². The largest absolute Gasteiger partial charge is 0.490 e. The number of amides is 1. The summed E-state index contributed by atoms with van der Waals surface area (Å²) in [5, 5.41) is 9.82. The molecular formula is C16H18F4N2O4. The van der Waals surface area contributed by atoms with Crippen LogP contribution in [0.2, 0.25) is 0 Å². The number of carboxylic acid groups (broad SMARTS) is 1. The van der Waals surface area contributed by atoms with Gasteiger partial charge < -0.3 is 20.1 Å². The minimum absolute atomic E-state index is 0.0346. The number of nitrogens with one attached hydrogen (secondary N) is 1. The van der Waals surface area contributed by atoms with Crippen molar-refractivity contribution in [2.45, 2.75) is 12.6 Å². The van der Waals surface area contributed by atoms with Crippen molar-refractivity contribution in [1.82, 2.24) is 10.2 Å². The second kappa shape index (κ2) is 9.07. The zero-order valence-electron chi connectivity index (χ0n) is 14.1. The quantitative estimate of drug-likeness (QED) is 0.787. The summed E-state index contributed by atoms with van der Waals surface area (Å²) in [6, 6.07) is 5.36. The molecule has 0 unspecified atom stereocenters. The van der Waals surface area contributed by atoms with Gasteiger partial charge in [-0.2, -0.15) is 13.2 Å². The Morgan fingerprint density at radius 2 is 2.04 bits per heavy atom. The number of hydrogen-bond donors (Lipinski definition) is 2. The summed E-state index contributed by atoms with van der Waals surface area (Å²) < 4.78 is 49.6. The van der Waals surface area contributed by atoms with E-state index in [0.717, 1.165) is 17.5 Å². The molecule has 0 saturated heterocycles. The Bertz CT molecular complexity index is 689. The number of ether oxygens (including phenoxy) is 1. The van der Waals surface area contributed by atoms with E-state index in [9.17, 15) is 22.4 Å². The molecule has 2 N–H and O–H groups in total. The maximum Gasteiger partial charge on any atom is 0.490 e. The minimum atomic E-state index is -5.08. The lowest BCUT2D eigenvalue weighted by molar-refractivity contribution is -0.192. The summed E-state index contributed by atoms with van der Waals surface area (Å²) in [5.41, 5.74) is 2.07. The molecule has 1 aromatic rings. The van der Waals surface area contributed by atoms with Crippen molar-refractivity contribution in [2.24, 2.45) is 0 Å². The van der Waals surface area contributed by atoms with Crippen molar-refractivity contribution in [3.05, 3.63) is 41.4 Å². The first-order valence-electron chi connectivity index (χ1n) is 7.38. The number of hydrogen-bond acceptors (Lipinski definition) is 4. The van der Waals surface area contributed by atoms with Gasteiger partial charge in [0.05, 0.1) is 5.70 Å². The summed E-state index contributed by atoms with van der Waals surface area (Å²) in [4.78, 5) is 22.5. The Kier molecular flexibility index (Phi) is 7.41. The molecule has 0 fully saturated rings. The highest BCUT2D eigenvalue weighted by atomic mass is 19.4. The second-order valence-corrected chi connectivity index (χ2v) is 5.27. The highest BCUT2D eigenvalue weighted by molar-refractivity contribution is 5.96. The Hall–Kier alpha value is -2.78. The smallest absolute Gasteiger partial charge is 0.487 e. The first kappa shape index (κ1) is 21.3. The molecule has 1 aliphatic heterocycles. The van der Waals surface area contributed by atoms with E-state index >= 15 is 0 Å². The summed E-state index contributed by atoms with van der Waals surface area (Å²) in [7, 11) is 3.43. The van der Waals surface area contributed by atoms with E-state index in [2.05, 4.69) is 5.32 Å². The summed E-state index contributed by atoms with van der Waals surface area (Å²) in [5.74, 6) is -2.08. The van der Waals surface area contributed by atoms with E-state index in [0.29, 0.717) is 24.3 Å². The van der Waals surface area contributed by atoms with E-state index in [-0.39, 0.29) is 12.5 Å². The Labute approximate surface area is 147 Å². The number of aliphatic carboxylic acids is 1. The number of carbonyl (C=O) groups excluding carboxylic acids is 1. The zero-order valence-corrected chi connectivity index (χ0v) is 14.1. The summed E-state index contributed by atoms with van der Waals surface area (Å²) >= 11 is 0. The van der Waals surface area contributed by atoms with Crippen LogP contribution in [0.15, 0.2) is 30.2 Å². The van der Waals surface area contributed by atoms with Gasteiger partial charge in [-0.15, -0.1) is 0 Å². The number of nitrogens with zero attached hydrogens (tertiary/aromatic N) is 1. The Morgan fingerprint density at radius 3 is 2.54 bits per heavy atom. The first-order valence-corrected chi connectivity index (χ1v) is 7.38. The number of halogens is 4. The molecule has 0 aromatic heterocycles. The molecule has 1 amide bonds. The van der Waals surface area contributed by atoms with Crippen LogP contribution in [0, 0.1) is 0 Å². The van der Waals surface area contributed by atoms with E-state index in [4.69, 9.17) is 14.6 Å². The van der Waals surface area contributed by atoms with Crippen LogP contribution >= 0.6 is 0 Å². The van der Waals surface area contributed by atoms with Crippen LogP contribution in [-0.4, -0.2) is 55.3 Å². The third-order valence-electron chi connectivity index (χ3n) is 3.46. The van der Waals surface area contributed by atoms with E-state index in [1.54, 1.807) is 31.1 Å². The molecule has 0 aliphatic carbocycles. The molecule has 0 radical (unpaired) electrons. The van der Waals surface area contributed by atoms with Gasteiger partial charge in [0.15, 0.2) is 0 Å². The predicted octanol–water partition coefficient (Wildman–Crippen LogP) is 2.36. The van der Waals surface area contributed by atoms with Gasteiger partial charge in [-0.05, 0) is 30.2 Å². The average Bonchev–Trinajstić information content (AvgIpc) is 2.59. The third-order valence-corrected chi connectivity index (χ3v) is 3.46. The van der Waals surface area contributed by atoms with Crippen LogP contribution in [0.25, 0.3) is 0 Å². The lowest BCUT2D eigenvalue weighted by Gasteiger charge is -2.25. The predicted molar refractivity (Wildman–Crippen MR) is 84.5 cm³/mol. The lowest BCUT2D eigenvalue weighted by atomic mass is 9.99. The van der Waals surface area contributed by atoms with Crippen LogP contribution in [-0.2, 0) is 11.2 Å². The average molecular weight is 378 g/mol. The van der Waals surface area contributed by atoms with Crippen molar-refractivity contribution in [3.63, 3.8) is 0 Å². The summed E-state index contributed by atoms with van der Waals surface area (Å²) in [6.45, 7) is 0.848. The molecule has 26 heavy (non-hydrogen) atoms. The second-order valence-electron chi connectivity index (χ2n) is 5.27. The highest BCUT2D eigenvalue weighted by Gasteiger charge is 2.38. The molecule has 1 heterocycles. The van der Waals surface area contributed by atoms with Crippen molar-refractivity contribution >= 4 is 11.9 Å². The van der Waals surface area contributed by atoms with Crippen LogP contribution in [0.3, 0.4) is 0 Å². The Morgan fingerprint density at radius 1 is 1.42 bits per heavy atom.